The number of carbonyl (C=O) groups excluding carboxylic acids is 2. The first-order chi connectivity index (χ1) is 19.2. The van der Waals surface area contributed by atoms with E-state index in [1.165, 1.54) is 26.0 Å². The molecule has 0 aliphatic carbocycles. The SMILES string of the molecule is COCOc1c2cc3c(c1CC/C=C(/C)[C@H](O)[C@@H](C)[C@@H](O)C/C=C/C=C/C=C/[C@H](OC)CC(=O)N2)SCC(=O)N3. The van der Waals surface area contributed by atoms with Crippen LogP contribution in [0.25, 0.3) is 0 Å². The highest BCUT2D eigenvalue weighted by Crippen LogP contribution is 2.45. The van der Waals surface area contributed by atoms with E-state index in [1.807, 2.05) is 44.2 Å². The number of aliphatic hydroxyl groups is 2. The van der Waals surface area contributed by atoms with E-state index in [4.69, 9.17) is 14.2 Å². The lowest BCUT2D eigenvalue weighted by Crippen LogP contribution is -2.30. The molecule has 10 heteroatoms. The number of carbonyl (C=O) groups is 2. The molecule has 0 spiro atoms. The van der Waals surface area contributed by atoms with E-state index < -0.39 is 18.3 Å². The number of anilines is 2. The van der Waals surface area contributed by atoms with E-state index in [2.05, 4.69) is 10.6 Å². The van der Waals surface area contributed by atoms with Gasteiger partial charge in [-0.05, 0) is 37.8 Å². The summed E-state index contributed by atoms with van der Waals surface area (Å²) in [4.78, 5) is 26.1. The maximum Gasteiger partial charge on any atom is 0.234 e. The van der Waals surface area contributed by atoms with Gasteiger partial charge in [0.1, 0.15) is 0 Å². The van der Waals surface area contributed by atoms with Gasteiger partial charge in [-0.25, -0.2) is 0 Å². The van der Waals surface area contributed by atoms with Gasteiger partial charge in [-0.3, -0.25) is 9.59 Å². The van der Waals surface area contributed by atoms with Crippen LogP contribution in [0.3, 0.4) is 0 Å². The average molecular weight is 573 g/mol. The highest BCUT2D eigenvalue weighted by molar-refractivity contribution is 8.00. The Morgan fingerprint density at radius 3 is 2.55 bits per heavy atom. The smallest absolute Gasteiger partial charge is 0.234 e. The second kappa shape index (κ2) is 15.8. The fourth-order valence-corrected chi connectivity index (χ4v) is 5.50. The number of allylic oxidation sites excluding steroid dienone is 5. The van der Waals surface area contributed by atoms with Crippen molar-refractivity contribution < 1.29 is 34.0 Å². The minimum absolute atomic E-state index is 0.0293. The number of fused-ring (bicyclic) bond motifs is 4. The van der Waals surface area contributed by atoms with E-state index >= 15 is 0 Å². The van der Waals surface area contributed by atoms with Crippen LogP contribution < -0.4 is 15.4 Å². The van der Waals surface area contributed by atoms with Crippen LogP contribution in [0.5, 0.6) is 5.75 Å². The summed E-state index contributed by atoms with van der Waals surface area (Å²) in [6.45, 7) is 3.65. The molecule has 4 atom stereocenters. The van der Waals surface area contributed by atoms with E-state index in [-0.39, 0.29) is 36.7 Å². The third-order valence-electron chi connectivity index (χ3n) is 6.84. The van der Waals surface area contributed by atoms with Crippen LogP contribution in [-0.4, -0.2) is 67.1 Å². The van der Waals surface area contributed by atoms with E-state index in [0.717, 1.165) is 16.0 Å². The molecule has 2 aliphatic rings. The van der Waals surface area contributed by atoms with E-state index in [0.29, 0.717) is 36.4 Å². The average Bonchev–Trinajstić information content (AvgIpc) is 2.93. The number of hydrogen-bond donors (Lipinski definition) is 4. The van der Waals surface area contributed by atoms with Crippen LogP contribution in [-0.2, 0) is 25.5 Å². The molecule has 0 saturated carbocycles. The normalized spacial score (nSPS) is 28.5. The van der Waals surface area contributed by atoms with Crippen LogP contribution >= 0.6 is 11.8 Å². The topological polar surface area (TPSA) is 126 Å². The summed E-state index contributed by atoms with van der Waals surface area (Å²) in [5, 5.41) is 27.4. The summed E-state index contributed by atoms with van der Waals surface area (Å²) in [7, 11) is 3.06. The largest absolute Gasteiger partial charge is 0.465 e. The zero-order valence-corrected chi connectivity index (χ0v) is 24.3. The number of amides is 2. The van der Waals surface area contributed by atoms with E-state index in [1.54, 1.807) is 18.2 Å². The summed E-state index contributed by atoms with van der Waals surface area (Å²) in [6.07, 6.45) is 12.4. The highest BCUT2D eigenvalue weighted by atomic mass is 32.2. The number of hydrogen-bond acceptors (Lipinski definition) is 8. The Hall–Kier alpha value is -2.89. The van der Waals surface area contributed by atoms with Crippen molar-refractivity contribution >= 4 is 35.0 Å². The van der Waals surface area contributed by atoms with Gasteiger partial charge in [0.05, 0.1) is 41.9 Å². The lowest BCUT2D eigenvalue weighted by Gasteiger charge is -2.25. The number of rotatable bonds is 4. The van der Waals surface area contributed by atoms with Gasteiger partial charge in [-0.1, -0.05) is 49.5 Å². The molecule has 40 heavy (non-hydrogen) atoms. The van der Waals surface area contributed by atoms with Crippen LogP contribution in [0, 0.1) is 5.92 Å². The Morgan fingerprint density at radius 2 is 1.80 bits per heavy atom. The molecule has 0 aromatic heterocycles. The standard InChI is InChI=1S/C30H40N2O7S/c1-19-11-10-13-22-29(39-18-37-3)23(16-24-30(22)40-17-27(35)32-24)31-26(34)15-21(38-4)12-8-6-5-7-9-14-25(33)20(2)28(19)36/h5-9,11-12,16,20-21,25,28,33,36H,10,13-15,17-18H2,1-4H3,(H,31,34)(H,32,35)/b6-5+,9-7+,12-8+,19-11-/t20-,21-,25-,28-/m0/s1. The predicted molar refractivity (Wildman–Crippen MR) is 158 cm³/mol. The van der Waals surface area contributed by atoms with Crippen molar-refractivity contribution in [2.45, 2.75) is 62.7 Å². The van der Waals surface area contributed by atoms with Crippen LogP contribution in [0.15, 0.2) is 59.1 Å². The molecule has 2 heterocycles. The van der Waals surface area contributed by atoms with Gasteiger partial charge >= 0.3 is 0 Å². The molecule has 3 rings (SSSR count). The molecular weight excluding hydrogens is 532 g/mol. The number of aliphatic hydroxyl groups excluding tert-OH is 2. The van der Waals surface area contributed by atoms with Gasteiger partial charge in [-0.15, -0.1) is 11.8 Å². The quantitative estimate of drug-likeness (QED) is 0.310. The number of benzene rings is 1. The minimum Gasteiger partial charge on any atom is -0.465 e. The van der Waals surface area contributed by atoms with Gasteiger partial charge in [-0.2, -0.15) is 0 Å². The maximum absolute atomic E-state index is 13.1. The van der Waals surface area contributed by atoms with Crippen molar-refractivity contribution in [1.29, 1.82) is 0 Å². The first-order valence-corrected chi connectivity index (χ1v) is 14.3. The Morgan fingerprint density at radius 1 is 1.05 bits per heavy atom. The van der Waals surface area contributed by atoms with Crippen molar-refractivity contribution in [3.05, 3.63) is 59.7 Å². The zero-order valence-electron chi connectivity index (χ0n) is 23.5. The Kier molecular flexibility index (Phi) is 12.5. The van der Waals surface area contributed by atoms with Crippen molar-refractivity contribution in [3.63, 3.8) is 0 Å². The van der Waals surface area contributed by atoms with Crippen molar-refractivity contribution in [1.82, 2.24) is 0 Å². The van der Waals surface area contributed by atoms with Crippen LogP contribution in [0.2, 0.25) is 0 Å². The van der Waals surface area contributed by atoms with Gasteiger partial charge < -0.3 is 35.1 Å². The first kappa shape index (κ1) is 31.6. The molecule has 2 aliphatic heterocycles. The Balaban J connectivity index is 2.04. The van der Waals surface area contributed by atoms with Gasteiger partial charge in [0.25, 0.3) is 0 Å². The van der Waals surface area contributed by atoms with E-state index in [9.17, 15) is 19.8 Å². The molecule has 4 N–H and O–H groups in total. The zero-order chi connectivity index (χ0) is 29.1. The second-order valence-electron chi connectivity index (χ2n) is 9.81. The summed E-state index contributed by atoms with van der Waals surface area (Å²) in [5.74, 6) is -0.0296. The number of methoxy groups -OCH3 is 2. The Bertz CT molecular complexity index is 1160. The Labute approximate surface area is 240 Å². The lowest BCUT2D eigenvalue weighted by molar-refractivity contribution is -0.118. The summed E-state index contributed by atoms with van der Waals surface area (Å²) >= 11 is 1.42. The lowest BCUT2D eigenvalue weighted by atomic mass is 9.90. The van der Waals surface area contributed by atoms with Crippen molar-refractivity contribution in [3.8, 4) is 5.75 Å². The molecule has 0 radical (unpaired) electrons. The molecule has 1 aromatic carbocycles. The molecule has 1 aromatic rings. The molecule has 2 amide bonds. The molecule has 9 nitrogen and oxygen atoms in total. The first-order valence-electron chi connectivity index (χ1n) is 13.3. The van der Waals surface area contributed by atoms with Crippen molar-refractivity contribution in [2.75, 3.05) is 37.4 Å². The molecule has 218 valence electrons. The van der Waals surface area contributed by atoms with Gasteiger partial charge in [0.2, 0.25) is 11.8 Å². The summed E-state index contributed by atoms with van der Waals surface area (Å²) in [6, 6.07) is 1.71. The summed E-state index contributed by atoms with van der Waals surface area (Å²) in [5.41, 5.74) is 2.61. The number of nitrogens with one attached hydrogen (secondary N) is 2. The number of ether oxygens (including phenoxy) is 3. The third-order valence-corrected chi connectivity index (χ3v) is 8.00. The fourth-order valence-electron chi connectivity index (χ4n) is 4.52. The molecule has 2 bridgehead atoms. The maximum atomic E-state index is 13.1. The summed E-state index contributed by atoms with van der Waals surface area (Å²) < 4.78 is 16.6. The predicted octanol–water partition coefficient (Wildman–Crippen LogP) is 4.37. The second-order valence-corrected chi connectivity index (χ2v) is 10.8. The number of thioether (sulfide) groups is 1. The molecule has 0 fully saturated rings. The third kappa shape index (κ3) is 8.81. The molecule has 0 saturated heterocycles. The van der Waals surface area contributed by atoms with Crippen LogP contribution in [0.1, 0.15) is 38.7 Å². The monoisotopic (exact) mass is 572 g/mol. The van der Waals surface area contributed by atoms with Gasteiger partial charge in [0.15, 0.2) is 12.5 Å². The molecule has 0 unspecified atom stereocenters. The van der Waals surface area contributed by atoms with Crippen LogP contribution in [0.4, 0.5) is 11.4 Å². The fraction of sp³-hybridized carbons (Fsp3) is 0.467. The van der Waals surface area contributed by atoms with Gasteiger partial charge in [0, 0.05) is 30.6 Å². The highest BCUT2D eigenvalue weighted by Gasteiger charge is 2.26. The molecular formula is C30H40N2O7S. The minimum atomic E-state index is -0.806. The van der Waals surface area contributed by atoms with Crippen molar-refractivity contribution in [2.24, 2.45) is 5.92 Å².